The number of hydrogen-bond acceptors (Lipinski definition) is 1. The molecular weight excluding hydrogens is 206 g/mol. The van der Waals surface area contributed by atoms with Crippen molar-refractivity contribution in [1.29, 1.82) is 0 Å². The molecule has 0 aliphatic heterocycles. The molecule has 17 heavy (non-hydrogen) atoms. The summed E-state index contributed by atoms with van der Waals surface area (Å²) >= 11 is 0. The molecule has 0 aliphatic rings. The van der Waals surface area contributed by atoms with E-state index in [0.717, 1.165) is 0 Å². The molecule has 0 fully saturated rings. The third-order valence-corrected chi connectivity index (χ3v) is 3.54. The van der Waals surface area contributed by atoms with Crippen LogP contribution in [0, 0.1) is 0 Å². The van der Waals surface area contributed by atoms with Crippen LogP contribution in [0.25, 0.3) is 0 Å². The Bertz CT molecular complexity index is 136. The second-order valence-electron chi connectivity index (χ2n) is 6.04. The molecule has 0 heterocycles. The molecule has 0 spiro atoms. The third kappa shape index (κ3) is 12.2. The maximum Gasteiger partial charge on any atom is 0.0125 e. The fraction of sp³-hybridized carbons (Fsp3) is 1.00. The molecule has 0 aromatic heterocycles. The van der Waals surface area contributed by atoms with Crippen LogP contribution in [0.5, 0.6) is 0 Å². The summed E-state index contributed by atoms with van der Waals surface area (Å²) in [6.45, 7) is 10.5. The topological polar surface area (TPSA) is 12.0 Å². The Morgan fingerprint density at radius 2 is 1.24 bits per heavy atom. The molecule has 0 unspecified atom stereocenters. The molecule has 0 bridgehead atoms. The fourth-order valence-corrected chi connectivity index (χ4v) is 2.24. The first kappa shape index (κ1) is 17.0. The van der Waals surface area contributed by atoms with Gasteiger partial charge in [-0.25, -0.2) is 0 Å². The minimum Gasteiger partial charge on any atom is -0.312 e. The molecule has 0 atom stereocenters. The van der Waals surface area contributed by atoms with Crippen molar-refractivity contribution in [1.82, 2.24) is 5.32 Å². The largest absolute Gasteiger partial charge is 0.312 e. The first-order valence-electron chi connectivity index (χ1n) is 7.87. The molecule has 104 valence electrons. The highest BCUT2D eigenvalue weighted by molar-refractivity contribution is 4.76. The van der Waals surface area contributed by atoms with Gasteiger partial charge in [0.2, 0.25) is 0 Å². The Balaban J connectivity index is 3.38. The summed E-state index contributed by atoms with van der Waals surface area (Å²) < 4.78 is 0. The van der Waals surface area contributed by atoms with Gasteiger partial charge in [-0.3, -0.25) is 0 Å². The molecule has 1 nitrogen and oxygen atoms in total. The van der Waals surface area contributed by atoms with Crippen molar-refractivity contribution in [3.8, 4) is 0 Å². The van der Waals surface area contributed by atoms with Crippen LogP contribution in [-0.4, -0.2) is 12.1 Å². The van der Waals surface area contributed by atoms with Crippen LogP contribution >= 0.6 is 0 Å². The third-order valence-electron chi connectivity index (χ3n) is 3.54. The van der Waals surface area contributed by atoms with Crippen molar-refractivity contribution in [2.75, 3.05) is 6.54 Å². The van der Waals surface area contributed by atoms with Crippen LogP contribution < -0.4 is 5.32 Å². The van der Waals surface area contributed by atoms with E-state index >= 15 is 0 Å². The summed E-state index contributed by atoms with van der Waals surface area (Å²) in [7, 11) is 0. The van der Waals surface area contributed by atoms with Gasteiger partial charge in [0.25, 0.3) is 0 Å². The number of unbranched alkanes of at least 4 members (excludes halogenated alkanes) is 7. The van der Waals surface area contributed by atoms with Gasteiger partial charge in [0.05, 0.1) is 0 Å². The van der Waals surface area contributed by atoms with Gasteiger partial charge in [0.1, 0.15) is 0 Å². The molecule has 0 radical (unpaired) electrons. The lowest BCUT2D eigenvalue weighted by atomic mass is 9.96. The summed E-state index contributed by atoms with van der Waals surface area (Å²) in [5.41, 5.74) is 0.346. The van der Waals surface area contributed by atoms with Crippen LogP contribution in [0.15, 0.2) is 0 Å². The lowest BCUT2D eigenvalue weighted by molar-refractivity contribution is 0.343. The van der Waals surface area contributed by atoms with Crippen LogP contribution in [0.1, 0.15) is 91.9 Å². The lowest BCUT2D eigenvalue weighted by Gasteiger charge is -2.26. The second-order valence-corrected chi connectivity index (χ2v) is 6.04. The van der Waals surface area contributed by atoms with Crippen molar-refractivity contribution in [3.63, 3.8) is 0 Å². The van der Waals surface area contributed by atoms with Gasteiger partial charge in [-0.1, -0.05) is 65.2 Å². The van der Waals surface area contributed by atoms with Gasteiger partial charge < -0.3 is 5.32 Å². The Kier molecular flexibility index (Phi) is 11.0. The summed E-state index contributed by atoms with van der Waals surface area (Å²) in [4.78, 5) is 0. The zero-order chi connectivity index (χ0) is 13.0. The Hall–Kier alpha value is -0.0400. The highest BCUT2D eigenvalue weighted by Crippen LogP contribution is 2.15. The minimum absolute atomic E-state index is 0.346. The van der Waals surface area contributed by atoms with Crippen molar-refractivity contribution < 1.29 is 0 Å². The van der Waals surface area contributed by atoms with E-state index in [-0.39, 0.29) is 0 Å². The van der Waals surface area contributed by atoms with E-state index in [4.69, 9.17) is 0 Å². The van der Waals surface area contributed by atoms with Gasteiger partial charge in [0.15, 0.2) is 0 Å². The molecule has 0 aliphatic carbocycles. The SMILES string of the molecule is CCCCCCCC(C)(C)NCCCCCC. The zero-order valence-corrected chi connectivity index (χ0v) is 12.8. The minimum atomic E-state index is 0.346. The summed E-state index contributed by atoms with van der Waals surface area (Å²) in [5.74, 6) is 0. The van der Waals surface area contributed by atoms with Crippen LogP contribution in [0.4, 0.5) is 0 Å². The van der Waals surface area contributed by atoms with Crippen molar-refractivity contribution in [2.24, 2.45) is 0 Å². The predicted molar refractivity (Wildman–Crippen MR) is 79.6 cm³/mol. The Morgan fingerprint density at radius 3 is 1.82 bits per heavy atom. The van der Waals surface area contributed by atoms with Gasteiger partial charge >= 0.3 is 0 Å². The molecule has 0 aromatic carbocycles. The maximum atomic E-state index is 3.71. The normalized spacial score (nSPS) is 12.0. The molecule has 0 saturated carbocycles. The monoisotopic (exact) mass is 241 g/mol. The van der Waals surface area contributed by atoms with E-state index in [2.05, 4.69) is 33.0 Å². The van der Waals surface area contributed by atoms with E-state index in [1.807, 2.05) is 0 Å². The van der Waals surface area contributed by atoms with Gasteiger partial charge in [0, 0.05) is 5.54 Å². The zero-order valence-electron chi connectivity index (χ0n) is 12.8. The number of hydrogen-bond donors (Lipinski definition) is 1. The maximum absolute atomic E-state index is 3.71. The van der Waals surface area contributed by atoms with E-state index in [1.165, 1.54) is 70.8 Å². The smallest absolute Gasteiger partial charge is 0.0125 e. The van der Waals surface area contributed by atoms with Crippen molar-refractivity contribution in [3.05, 3.63) is 0 Å². The first-order valence-corrected chi connectivity index (χ1v) is 7.87. The molecule has 0 rings (SSSR count). The fourth-order valence-electron chi connectivity index (χ4n) is 2.24. The molecule has 0 amide bonds. The average molecular weight is 241 g/mol. The highest BCUT2D eigenvalue weighted by Gasteiger charge is 2.15. The first-order chi connectivity index (χ1) is 8.12. The Labute approximate surface area is 110 Å². The van der Waals surface area contributed by atoms with Gasteiger partial charge in [-0.15, -0.1) is 0 Å². The summed E-state index contributed by atoms with van der Waals surface area (Å²) in [6, 6.07) is 0. The highest BCUT2D eigenvalue weighted by atomic mass is 14.9. The second kappa shape index (κ2) is 11.1. The van der Waals surface area contributed by atoms with Gasteiger partial charge in [-0.05, 0) is 33.2 Å². The van der Waals surface area contributed by atoms with Gasteiger partial charge in [-0.2, -0.15) is 0 Å². The predicted octanol–water partition coefficient (Wildman–Crippen LogP) is 5.30. The molecular formula is C16H35N. The van der Waals surface area contributed by atoms with E-state index in [0.29, 0.717) is 5.54 Å². The Morgan fingerprint density at radius 1 is 0.706 bits per heavy atom. The summed E-state index contributed by atoms with van der Waals surface area (Å²) in [6.07, 6.45) is 13.7. The molecule has 0 saturated heterocycles. The quantitative estimate of drug-likeness (QED) is 0.457. The van der Waals surface area contributed by atoms with Crippen molar-refractivity contribution in [2.45, 2.75) is 97.4 Å². The van der Waals surface area contributed by atoms with E-state index < -0.39 is 0 Å². The standard InChI is InChI=1S/C16H35N/c1-5-7-9-11-12-14-16(3,4)17-15-13-10-8-6-2/h17H,5-15H2,1-4H3. The number of rotatable bonds is 12. The lowest BCUT2D eigenvalue weighted by Crippen LogP contribution is -2.39. The van der Waals surface area contributed by atoms with Crippen LogP contribution in [0.3, 0.4) is 0 Å². The summed E-state index contributed by atoms with van der Waals surface area (Å²) in [5, 5.41) is 3.71. The number of nitrogens with one attached hydrogen (secondary N) is 1. The van der Waals surface area contributed by atoms with Crippen LogP contribution in [-0.2, 0) is 0 Å². The molecule has 1 N–H and O–H groups in total. The molecule has 1 heteroatoms. The van der Waals surface area contributed by atoms with Crippen molar-refractivity contribution >= 4 is 0 Å². The van der Waals surface area contributed by atoms with E-state index in [1.54, 1.807) is 0 Å². The molecule has 0 aromatic rings. The average Bonchev–Trinajstić information content (AvgIpc) is 2.28. The van der Waals surface area contributed by atoms with E-state index in [9.17, 15) is 0 Å². The van der Waals surface area contributed by atoms with Crippen LogP contribution in [0.2, 0.25) is 0 Å².